The van der Waals surface area contributed by atoms with Gasteiger partial charge in [-0.25, -0.2) is 9.67 Å². The van der Waals surface area contributed by atoms with Crippen molar-refractivity contribution in [2.24, 2.45) is 0 Å². The highest BCUT2D eigenvalue weighted by atomic mass is 16.1. The van der Waals surface area contributed by atoms with Gasteiger partial charge in [-0.15, -0.1) is 0 Å². The number of carbonyl (C=O) groups is 1. The van der Waals surface area contributed by atoms with E-state index in [9.17, 15) is 4.79 Å². The van der Waals surface area contributed by atoms with Crippen molar-refractivity contribution in [3.8, 4) is 0 Å². The summed E-state index contributed by atoms with van der Waals surface area (Å²) in [5.74, 6) is -0.110. The second kappa shape index (κ2) is 7.93. The highest BCUT2D eigenvalue weighted by molar-refractivity contribution is 6.04. The second-order valence-corrected chi connectivity index (χ2v) is 6.64. The van der Waals surface area contributed by atoms with Crippen LogP contribution in [0.2, 0.25) is 0 Å². The molecule has 0 radical (unpaired) electrons. The zero-order valence-corrected chi connectivity index (χ0v) is 15.3. The summed E-state index contributed by atoms with van der Waals surface area (Å²) >= 11 is 0. The Bertz CT molecular complexity index is 870. The first-order valence-corrected chi connectivity index (χ1v) is 8.48. The van der Waals surface area contributed by atoms with Crippen molar-refractivity contribution in [2.75, 3.05) is 19.4 Å². The first kappa shape index (κ1) is 17.8. The van der Waals surface area contributed by atoms with Gasteiger partial charge in [-0.05, 0) is 50.3 Å². The minimum Gasteiger partial charge on any atom is -0.322 e. The number of carbonyl (C=O) groups excluding carboxylic acids is 1. The van der Waals surface area contributed by atoms with Crippen molar-refractivity contribution in [2.45, 2.75) is 20.0 Å². The van der Waals surface area contributed by atoms with Crippen LogP contribution in [0.3, 0.4) is 0 Å². The maximum Gasteiger partial charge on any atom is 0.255 e. The van der Waals surface area contributed by atoms with Gasteiger partial charge in [-0.1, -0.05) is 29.8 Å². The molecule has 1 aromatic heterocycles. The Morgan fingerprint density at radius 2 is 1.92 bits per heavy atom. The van der Waals surface area contributed by atoms with Crippen LogP contribution < -0.4 is 5.32 Å². The molecule has 0 atom stereocenters. The lowest BCUT2D eigenvalue weighted by Crippen LogP contribution is -2.17. The minimum absolute atomic E-state index is 0.110. The third-order valence-corrected chi connectivity index (χ3v) is 4.02. The summed E-state index contributed by atoms with van der Waals surface area (Å²) in [5.41, 5.74) is 4.82. The first-order chi connectivity index (χ1) is 12.5. The van der Waals surface area contributed by atoms with E-state index in [4.69, 9.17) is 0 Å². The predicted octanol–water partition coefficient (Wildman–Crippen LogP) is 2.95. The minimum atomic E-state index is -0.110. The first-order valence-electron chi connectivity index (χ1n) is 8.48. The molecule has 134 valence electrons. The van der Waals surface area contributed by atoms with Gasteiger partial charge in [-0.3, -0.25) is 4.79 Å². The summed E-state index contributed by atoms with van der Waals surface area (Å²) in [7, 11) is 4.03. The van der Waals surface area contributed by atoms with Crippen molar-refractivity contribution in [1.29, 1.82) is 0 Å². The molecule has 3 rings (SSSR count). The Balaban J connectivity index is 1.72. The van der Waals surface area contributed by atoms with E-state index in [-0.39, 0.29) is 5.91 Å². The smallest absolute Gasteiger partial charge is 0.255 e. The summed E-state index contributed by atoms with van der Waals surface area (Å²) in [5, 5.41) is 7.12. The molecule has 2 aromatic carbocycles. The molecule has 1 amide bonds. The average Bonchev–Trinajstić information content (AvgIpc) is 3.10. The Kier molecular flexibility index (Phi) is 5.43. The van der Waals surface area contributed by atoms with Gasteiger partial charge in [-0.2, -0.15) is 5.10 Å². The highest BCUT2D eigenvalue weighted by Gasteiger charge is 2.10. The number of rotatable bonds is 6. The Hall–Kier alpha value is -2.99. The summed E-state index contributed by atoms with van der Waals surface area (Å²) in [4.78, 5) is 18.6. The monoisotopic (exact) mass is 349 g/mol. The van der Waals surface area contributed by atoms with E-state index in [1.54, 1.807) is 11.0 Å². The molecule has 0 spiro atoms. The zero-order valence-electron chi connectivity index (χ0n) is 15.3. The van der Waals surface area contributed by atoms with Crippen molar-refractivity contribution in [1.82, 2.24) is 19.7 Å². The molecule has 1 heterocycles. The molecule has 0 bridgehead atoms. The summed E-state index contributed by atoms with van der Waals surface area (Å²) < 4.78 is 1.74. The molecule has 3 aromatic rings. The Labute approximate surface area is 153 Å². The van der Waals surface area contributed by atoms with Crippen LogP contribution in [0.15, 0.2) is 55.1 Å². The van der Waals surface area contributed by atoms with E-state index >= 15 is 0 Å². The highest BCUT2D eigenvalue weighted by Crippen LogP contribution is 2.20. The number of hydrogen-bond donors (Lipinski definition) is 1. The van der Waals surface area contributed by atoms with Gasteiger partial charge in [0.05, 0.1) is 6.54 Å². The normalized spacial score (nSPS) is 10.9. The van der Waals surface area contributed by atoms with Gasteiger partial charge in [0.1, 0.15) is 12.7 Å². The Morgan fingerprint density at radius 1 is 1.15 bits per heavy atom. The maximum absolute atomic E-state index is 12.6. The molecule has 0 unspecified atom stereocenters. The fourth-order valence-corrected chi connectivity index (χ4v) is 2.77. The van der Waals surface area contributed by atoms with Crippen LogP contribution in [0.1, 0.15) is 27.0 Å². The molecular formula is C20H23N5O. The topological polar surface area (TPSA) is 63.1 Å². The summed E-state index contributed by atoms with van der Waals surface area (Å²) in [6.07, 6.45) is 3.18. The number of anilines is 1. The van der Waals surface area contributed by atoms with Crippen molar-refractivity contribution in [3.63, 3.8) is 0 Å². The number of benzene rings is 2. The van der Waals surface area contributed by atoms with Crippen LogP contribution >= 0.6 is 0 Å². The lowest BCUT2D eigenvalue weighted by atomic mass is 10.1. The number of hydrogen-bond acceptors (Lipinski definition) is 4. The van der Waals surface area contributed by atoms with Crippen molar-refractivity contribution < 1.29 is 4.79 Å². The summed E-state index contributed by atoms with van der Waals surface area (Å²) in [6, 6.07) is 13.6. The van der Waals surface area contributed by atoms with Crippen molar-refractivity contribution >= 4 is 11.6 Å². The molecule has 6 nitrogen and oxygen atoms in total. The predicted molar refractivity (Wildman–Crippen MR) is 102 cm³/mol. The standard InChI is InChI=1S/C20H23N5O/c1-15-4-9-19(18(10-15)12-24(2)3)23-20(26)17-7-5-16(6-8-17)11-25-14-21-13-22-25/h4-10,13-14H,11-12H2,1-3H3,(H,23,26). The van der Waals surface area contributed by atoms with Crippen LogP contribution in [0.4, 0.5) is 5.69 Å². The van der Waals surface area contributed by atoms with Crippen LogP contribution in [0.25, 0.3) is 0 Å². The van der Waals surface area contributed by atoms with E-state index in [0.717, 1.165) is 23.4 Å². The SMILES string of the molecule is Cc1ccc(NC(=O)c2ccc(Cn3cncn3)cc2)c(CN(C)C)c1. The lowest BCUT2D eigenvalue weighted by molar-refractivity contribution is 0.102. The van der Waals surface area contributed by atoms with Crippen LogP contribution in [0.5, 0.6) is 0 Å². The second-order valence-electron chi connectivity index (χ2n) is 6.64. The van der Waals surface area contributed by atoms with E-state index in [0.29, 0.717) is 12.1 Å². The van der Waals surface area contributed by atoms with Gasteiger partial charge in [0.25, 0.3) is 5.91 Å². The van der Waals surface area contributed by atoms with Crippen LogP contribution in [-0.2, 0) is 13.1 Å². The molecule has 0 aliphatic rings. The lowest BCUT2D eigenvalue weighted by Gasteiger charge is -2.16. The number of nitrogens with zero attached hydrogens (tertiary/aromatic N) is 4. The third kappa shape index (κ3) is 4.55. The molecule has 0 saturated carbocycles. The number of aryl methyl sites for hydroxylation is 1. The number of nitrogens with one attached hydrogen (secondary N) is 1. The fraction of sp³-hybridized carbons (Fsp3) is 0.250. The maximum atomic E-state index is 12.6. The van der Waals surface area contributed by atoms with Crippen LogP contribution in [0, 0.1) is 6.92 Å². The quantitative estimate of drug-likeness (QED) is 0.743. The van der Waals surface area contributed by atoms with Gasteiger partial charge >= 0.3 is 0 Å². The summed E-state index contributed by atoms with van der Waals surface area (Å²) in [6.45, 7) is 3.46. The fourth-order valence-electron chi connectivity index (χ4n) is 2.77. The molecule has 6 heteroatoms. The van der Waals surface area contributed by atoms with E-state index in [1.165, 1.54) is 11.9 Å². The molecule has 1 N–H and O–H groups in total. The molecule has 0 aliphatic carbocycles. The average molecular weight is 349 g/mol. The van der Waals surface area contributed by atoms with Crippen LogP contribution in [-0.4, -0.2) is 39.7 Å². The molecule has 0 fully saturated rings. The van der Waals surface area contributed by atoms with E-state index in [1.807, 2.05) is 50.5 Å². The molecule has 0 aliphatic heterocycles. The van der Waals surface area contributed by atoms with E-state index < -0.39 is 0 Å². The van der Waals surface area contributed by atoms with Gasteiger partial charge < -0.3 is 10.2 Å². The third-order valence-electron chi connectivity index (χ3n) is 4.02. The zero-order chi connectivity index (χ0) is 18.5. The van der Waals surface area contributed by atoms with E-state index in [2.05, 4.69) is 33.3 Å². The molecule has 26 heavy (non-hydrogen) atoms. The van der Waals surface area contributed by atoms with Crippen molar-refractivity contribution in [3.05, 3.63) is 77.4 Å². The van der Waals surface area contributed by atoms with Gasteiger partial charge in [0.2, 0.25) is 0 Å². The number of aromatic nitrogens is 3. The molecular weight excluding hydrogens is 326 g/mol. The van der Waals surface area contributed by atoms with Gasteiger partial charge in [0.15, 0.2) is 0 Å². The number of amides is 1. The Morgan fingerprint density at radius 3 is 2.58 bits per heavy atom. The van der Waals surface area contributed by atoms with Gasteiger partial charge in [0, 0.05) is 17.8 Å². The molecule has 0 saturated heterocycles. The largest absolute Gasteiger partial charge is 0.322 e.